The van der Waals surface area contributed by atoms with E-state index >= 15 is 0 Å². The van der Waals surface area contributed by atoms with Gasteiger partial charge in [-0.05, 0) is 43.5 Å². The summed E-state index contributed by atoms with van der Waals surface area (Å²) in [6.45, 7) is 5.39. The number of nitrogens with one attached hydrogen (secondary N) is 1. The average Bonchev–Trinajstić information content (AvgIpc) is 2.51. The monoisotopic (exact) mass is 317 g/mol. The fourth-order valence-corrected chi connectivity index (χ4v) is 3.16. The topological polar surface area (TPSA) is 45.2 Å². The quantitative estimate of drug-likeness (QED) is 0.924. The minimum absolute atomic E-state index is 0.0487. The summed E-state index contributed by atoms with van der Waals surface area (Å²) < 4.78 is 0. The smallest absolute Gasteiger partial charge is 0.217 e. The number of hydrogen-bond donors (Lipinski definition) is 1. The van der Waals surface area contributed by atoms with E-state index in [2.05, 4.69) is 22.3 Å². The molecule has 1 aliphatic heterocycles. The number of carbonyl (C=O) groups is 1. The molecule has 1 fully saturated rings. The number of anilines is 1. The molecule has 1 aromatic heterocycles. The second kappa shape index (κ2) is 6.13. The van der Waals surface area contributed by atoms with Crippen molar-refractivity contribution in [3.8, 4) is 0 Å². The largest absolute Gasteiger partial charge is 0.356 e. The van der Waals surface area contributed by atoms with Crippen LogP contribution in [0.2, 0.25) is 5.02 Å². The number of aryl methyl sites for hydroxylation is 1. The van der Waals surface area contributed by atoms with Crippen LogP contribution in [0.4, 0.5) is 5.82 Å². The predicted molar refractivity (Wildman–Crippen MR) is 90.5 cm³/mol. The molecule has 0 bridgehead atoms. The Balaban J connectivity index is 1.80. The van der Waals surface area contributed by atoms with Gasteiger partial charge in [-0.1, -0.05) is 17.7 Å². The third kappa shape index (κ3) is 3.02. The minimum Gasteiger partial charge on any atom is -0.356 e. The Hall–Kier alpha value is -1.81. The molecule has 0 unspecified atom stereocenters. The van der Waals surface area contributed by atoms with Crippen LogP contribution in [0.25, 0.3) is 10.9 Å². The molecule has 2 aromatic rings. The first-order valence-electron chi connectivity index (χ1n) is 7.62. The van der Waals surface area contributed by atoms with E-state index in [-0.39, 0.29) is 11.9 Å². The van der Waals surface area contributed by atoms with Crippen molar-refractivity contribution >= 4 is 34.2 Å². The van der Waals surface area contributed by atoms with Crippen LogP contribution in [0.1, 0.15) is 25.3 Å². The molecule has 4 nitrogen and oxygen atoms in total. The molecule has 0 spiro atoms. The van der Waals surface area contributed by atoms with Gasteiger partial charge in [0.15, 0.2) is 0 Å². The van der Waals surface area contributed by atoms with Crippen LogP contribution in [0, 0.1) is 6.92 Å². The van der Waals surface area contributed by atoms with Crippen molar-refractivity contribution in [3.63, 3.8) is 0 Å². The van der Waals surface area contributed by atoms with Gasteiger partial charge in [0.1, 0.15) is 5.82 Å². The number of amides is 1. The van der Waals surface area contributed by atoms with Gasteiger partial charge in [-0.25, -0.2) is 4.98 Å². The molecular formula is C17H20ClN3O. The van der Waals surface area contributed by atoms with Gasteiger partial charge in [0.25, 0.3) is 0 Å². The number of pyridine rings is 1. The van der Waals surface area contributed by atoms with E-state index in [4.69, 9.17) is 16.6 Å². The second-order valence-corrected chi connectivity index (χ2v) is 6.28. The Labute approximate surface area is 135 Å². The zero-order chi connectivity index (χ0) is 15.7. The van der Waals surface area contributed by atoms with Crippen molar-refractivity contribution in [2.75, 3.05) is 18.0 Å². The number of piperidine rings is 1. The van der Waals surface area contributed by atoms with E-state index in [1.54, 1.807) is 6.92 Å². The van der Waals surface area contributed by atoms with Crippen molar-refractivity contribution in [2.24, 2.45) is 0 Å². The van der Waals surface area contributed by atoms with Crippen molar-refractivity contribution in [1.82, 2.24) is 10.3 Å². The van der Waals surface area contributed by atoms with E-state index in [1.807, 2.05) is 19.1 Å². The average molecular weight is 318 g/mol. The third-order valence-electron chi connectivity index (χ3n) is 4.26. The van der Waals surface area contributed by atoms with Gasteiger partial charge in [-0.3, -0.25) is 4.79 Å². The highest BCUT2D eigenvalue weighted by molar-refractivity contribution is 6.32. The lowest BCUT2D eigenvalue weighted by atomic mass is 10.0. The molecule has 2 heterocycles. The number of nitrogens with zero attached hydrogens (tertiary/aromatic N) is 2. The molecule has 1 aliphatic rings. The van der Waals surface area contributed by atoms with Crippen molar-refractivity contribution in [3.05, 3.63) is 34.9 Å². The summed E-state index contributed by atoms with van der Waals surface area (Å²) in [7, 11) is 0. The molecule has 3 rings (SSSR count). The van der Waals surface area contributed by atoms with Crippen LogP contribution in [0.3, 0.4) is 0 Å². The summed E-state index contributed by atoms with van der Waals surface area (Å²) in [5.74, 6) is 1.03. The van der Waals surface area contributed by atoms with E-state index < -0.39 is 0 Å². The van der Waals surface area contributed by atoms with Crippen molar-refractivity contribution < 1.29 is 4.79 Å². The van der Waals surface area contributed by atoms with Gasteiger partial charge in [0.05, 0.1) is 5.52 Å². The van der Waals surface area contributed by atoms with E-state index in [0.29, 0.717) is 0 Å². The standard InChI is InChI=1S/C17H20ClN3O/c1-11-15(18)5-3-13-4-6-16(20-17(11)13)21-9-7-14(8-10-21)19-12(2)22/h3-6,14H,7-10H2,1-2H3,(H,19,22). The molecule has 0 saturated carbocycles. The molecule has 1 aromatic carbocycles. The van der Waals surface area contributed by atoms with Crippen LogP contribution in [0.15, 0.2) is 24.3 Å². The lowest BCUT2D eigenvalue weighted by Crippen LogP contribution is -2.44. The number of rotatable bonds is 2. The lowest BCUT2D eigenvalue weighted by Gasteiger charge is -2.33. The van der Waals surface area contributed by atoms with Crippen LogP contribution < -0.4 is 10.2 Å². The van der Waals surface area contributed by atoms with E-state index in [0.717, 1.165) is 53.2 Å². The van der Waals surface area contributed by atoms with Crippen molar-refractivity contribution in [1.29, 1.82) is 0 Å². The van der Waals surface area contributed by atoms with Crippen LogP contribution in [0.5, 0.6) is 0 Å². The number of carbonyl (C=O) groups excluding carboxylic acids is 1. The molecule has 1 saturated heterocycles. The number of halogens is 1. The normalized spacial score (nSPS) is 16.0. The third-order valence-corrected chi connectivity index (χ3v) is 4.67. The summed E-state index contributed by atoms with van der Waals surface area (Å²) in [5.41, 5.74) is 1.99. The van der Waals surface area contributed by atoms with Gasteiger partial charge in [-0.15, -0.1) is 0 Å². The minimum atomic E-state index is 0.0487. The molecule has 5 heteroatoms. The number of aromatic nitrogens is 1. The van der Waals surface area contributed by atoms with Crippen LogP contribution in [-0.4, -0.2) is 30.0 Å². The van der Waals surface area contributed by atoms with Crippen molar-refractivity contribution in [2.45, 2.75) is 32.7 Å². The first-order valence-corrected chi connectivity index (χ1v) is 8.00. The number of benzene rings is 1. The van der Waals surface area contributed by atoms with Crippen LogP contribution >= 0.6 is 11.6 Å². The zero-order valence-electron chi connectivity index (χ0n) is 12.9. The molecule has 1 amide bonds. The Morgan fingerprint density at radius 2 is 1.95 bits per heavy atom. The van der Waals surface area contributed by atoms with Gasteiger partial charge < -0.3 is 10.2 Å². The lowest BCUT2D eigenvalue weighted by molar-refractivity contribution is -0.119. The molecule has 22 heavy (non-hydrogen) atoms. The highest BCUT2D eigenvalue weighted by Crippen LogP contribution is 2.27. The zero-order valence-corrected chi connectivity index (χ0v) is 13.7. The predicted octanol–water partition coefficient (Wildman–Crippen LogP) is 3.30. The van der Waals surface area contributed by atoms with Gasteiger partial charge >= 0.3 is 0 Å². The fraction of sp³-hybridized carbons (Fsp3) is 0.412. The second-order valence-electron chi connectivity index (χ2n) is 5.88. The highest BCUT2D eigenvalue weighted by atomic mass is 35.5. The molecule has 0 atom stereocenters. The molecule has 0 aliphatic carbocycles. The maximum absolute atomic E-state index is 11.1. The first-order chi connectivity index (χ1) is 10.5. The summed E-state index contributed by atoms with van der Waals surface area (Å²) in [6.07, 6.45) is 1.90. The Morgan fingerprint density at radius 1 is 1.27 bits per heavy atom. The summed E-state index contributed by atoms with van der Waals surface area (Å²) in [4.78, 5) is 18.2. The van der Waals surface area contributed by atoms with E-state index in [9.17, 15) is 4.79 Å². The maximum atomic E-state index is 11.1. The fourth-order valence-electron chi connectivity index (χ4n) is 3.01. The van der Waals surface area contributed by atoms with E-state index in [1.165, 1.54) is 0 Å². The van der Waals surface area contributed by atoms with Gasteiger partial charge in [0.2, 0.25) is 5.91 Å². The summed E-state index contributed by atoms with van der Waals surface area (Å²) >= 11 is 6.20. The summed E-state index contributed by atoms with van der Waals surface area (Å²) in [6, 6.07) is 8.37. The maximum Gasteiger partial charge on any atom is 0.217 e. The molecule has 0 radical (unpaired) electrons. The molecular weight excluding hydrogens is 298 g/mol. The van der Waals surface area contributed by atoms with Crippen LogP contribution in [-0.2, 0) is 4.79 Å². The molecule has 1 N–H and O–H groups in total. The highest BCUT2D eigenvalue weighted by Gasteiger charge is 2.20. The summed E-state index contributed by atoms with van der Waals surface area (Å²) in [5, 5.41) is 4.86. The Morgan fingerprint density at radius 3 is 2.64 bits per heavy atom. The Kier molecular flexibility index (Phi) is 4.21. The first kappa shape index (κ1) is 15.1. The molecule has 116 valence electrons. The Bertz CT molecular complexity index is 708. The SMILES string of the molecule is CC(=O)NC1CCN(c2ccc3ccc(Cl)c(C)c3n2)CC1. The van der Waals surface area contributed by atoms with Gasteiger partial charge in [0, 0.05) is 36.5 Å². The van der Waals surface area contributed by atoms with Gasteiger partial charge in [-0.2, -0.15) is 0 Å². The number of hydrogen-bond acceptors (Lipinski definition) is 3. The number of fused-ring (bicyclic) bond motifs is 1.